The fourth-order valence-electron chi connectivity index (χ4n) is 1.75. The Bertz CT molecular complexity index is 645. The van der Waals surface area contributed by atoms with Gasteiger partial charge in [0.25, 0.3) is 0 Å². The highest BCUT2D eigenvalue weighted by molar-refractivity contribution is 5.83. The molecule has 0 saturated heterocycles. The van der Waals surface area contributed by atoms with Gasteiger partial charge in [-0.15, -0.1) is 0 Å². The molecule has 0 spiro atoms. The van der Waals surface area contributed by atoms with Crippen LogP contribution < -0.4 is 4.74 Å². The van der Waals surface area contributed by atoms with E-state index in [0.717, 1.165) is 17.7 Å². The van der Waals surface area contributed by atoms with Crippen molar-refractivity contribution in [3.63, 3.8) is 0 Å². The third kappa shape index (κ3) is 2.85. The highest BCUT2D eigenvalue weighted by Gasteiger charge is 2.15. The topological polar surface area (TPSA) is 9.23 Å². The molecule has 0 heterocycles. The van der Waals surface area contributed by atoms with E-state index in [1.165, 1.54) is 25.3 Å². The van der Waals surface area contributed by atoms with E-state index in [2.05, 4.69) is 0 Å². The van der Waals surface area contributed by atoms with Gasteiger partial charge in [0.15, 0.2) is 11.7 Å². The molecule has 1 nitrogen and oxygen atoms in total. The van der Waals surface area contributed by atoms with Crippen LogP contribution in [0.15, 0.2) is 42.5 Å². The molecule has 0 aliphatic heterocycles. The van der Waals surface area contributed by atoms with Gasteiger partial charge in [-0.1, -0.05) is 29.8 Å². The fourth-order valence-corrected chi connectivity index (χ4v) is 1.75. The molecular formula is C16H13F3O. The van der Waals surface area contributed by atoms with Gasteiger partial charge < -0.3 is 4.74 Å². The highest BCUT2D eigenvalue weighted by atomic mass is 19.2. The molecule has 4 heteroatoms. The van der Waals surface area contributed by atoms with Crippen LogP contribution in [0.1, 0.15) is 16.7 Å². The molecule has 0 radical (unpaired) electrons. The Kier molecular flexibility index (Phi) is 4.13. The van der Waals surface area contributed by atoms with Gasteiger partial charge in [0.2, 0.25) is 0 Å². The molecule has 0 fully saturated rings. The van der Waals surface area contributed by atoms with Gasteiger partial charge in [0.05, 0.1) is 7.11 Å². The molecule has 0 N–H and O–H groups in total. The predicted molar refractivity (Wildman–Crippen MR) is 73.2 cm³/mol. The van der Waals surface area contributed by atoms with Crippen molar-refractivity contribution < 1.29 is 17.9 Å². The molecule has 0 aliphatic rings. The van der Waals surface area contributed by atoms with Crippen molar-refractivity contribution in [1.82, 2.24) is 0 Å². The van der Waals surface area contributed by atoms with E-state index in [0.29, 0.717) is 0 Å². The van der Waals surface area contributed by atoms with Crippen molar-refractivity contribution >= 4 is 11.7 Å². The van der Waals surface area contributed by atoms with E-state index in [1.807, 2.05) is 6.92 Å². The van der Waals surface area contributed by atoms with E-state index in [9.17, 15) is 13.2 Å². The molecular weight excluding hydrogens is 265 g/mol. The van der Waals surface area contributed by atoms with Crippen LogP contribution in [-0.4, -0.2) is 7.11 Å². The van der Waals surface area contributed by atoms with E-state index in [4.69, 9.17) is 4.74 Å². The lowest BCUT2D eigenvalue weighted by molar-refractivity contribution is 0.411. The van der Waals surface area contributed by atoms with Crippen LogP contribution in [-0.2, 0) is 0 Å². The van der Waals surface area contributed by atoms with Crippen molar-refractivity contribution in [2.45, 2.75) is 6.92 Å². The lowest BCUT2D eigenvalue weighted by Crippen LogP contribution is -1.91. The summed E-state index contributed by atoms with van der Waals surface area (Å²) in [6.45, 7) is 1.84. The molecule has 104 valence electrons. The summed E-state index contributed by atoms with van der Waals surface area (Å²) >= 11 is 0. The summed E-state index contributed by atoms with van der Waals surface area (Å²) in [6.07, 6.45) is 0. The number of rotatable bonds is 3. The number of hydrogen-bond acceptors (Lipinski definition) is 1. The number of benzene rings is 2. The Morgan fingerprint density at radius 1 is 0.950 bits per heavy atom. The van der Waals surface area contributed by atoms with Crippen molar-refractivity contribution in [2.75, 3.05) is 7.11 Å². The standard InChI is InChI=1S/C16H13F3O/c1-10-3-5-11(6-4-10)15(18)16(19)13-8-7-12(20-2)9-14(13)17/h3-9H,1-2H3/b16-15+. The Hall–Kier alpha value is -2.23. The van der Waals surface area contributed by atoms with Gasteiger partial charge in [-0.05, 0) is 19.1 Å². The minimum atomic E-state index is -1.23. The fraction of sp³-hybridized carbons (Fsp3) is 0.125. The molecule has 0 amide bonds. The molecule has 2 aromatic rings. The predicted octanol–water partition coefficient (Wildman–Crippen LogP) is 4.91. The van der Waals surface area contributed by atoms with Gasteiger partial charge in [0, 0.05) is 17.2 Å². The van der Waals surface area contributed by atoms with Crippen LogP contribution >= 0.6 is 0 Å². The zero-order chi connectivity index (χ0) is 14.7. The van der Waals surface area contributed by atoms with Gasteiger partial charge in [-0.2, -0.15) is 0 Å². The molecule has 2 rings (SSSR count). The number of hydrogen-bond donors (Lipinski definition) is 0. The first-order valence-corrected chi connectivity index (χ1v) is 5.99. The highest BCUT2D eigenvalue weighted by Crippen LogP contribution is 2.31. The van der Waals surface area contributed by atoms with Crippen molar-refractivity contribution in [1.29, 1.82) is 0 Å². The largest absolute Gasteiger partial charge is 0.497 e. The van der Waals surface area contributed by atoms with Crippen molar-refractivity contribution in [2.24, 2.45) is 0 Å². The summed E-state index contributed by atoms with van der Waals surface area (Å²) in [7, 11) is 1.37. The molecule has 0 unspecified atom stereocenters. The summed E-state index contributed by atoms with van der Waals surface area (Å²) < 4.78 is 46.6. The van der Waals surface area contributed by atoms with Crippen LogP contribution in [0, 0.1) is 12.7 Å². The number of ether oxygens (including phenoxy) is 1. The Morgan fingerprint density at radius 2 is 1.60 bits per heavy atom. The second kappa shape index (κ2) is 5.82. The normalized spacial score (nSPS) is 12.1. The third-order valence-electron chi connectivity index (χ3n) is 2.91. The first-order chi connectivity index (χ1) is 9.52. The Labute approximate surface area is 115 Å². The smallest absolute Gasteiger partial charge is 0.169 e. The van der Waals surface area contributed by atoms with Crippen LogP contribution in [0.5, 0.6) is 5.75 Å². The molecule has 20 heavy (non-hydrogen) atoms. The number of methoxy groups -OCH3 is 1. The maximum Gasteiger partial charge on any atom is 0.169 e. The lowest BCUT2D eigenvalue weighted by atomic mass is 10.1. The zero-order valence-electron chi connectivity index (χ0n) is 11.1. The first kappa shape index (κ1) is 14.2. The van der Waals surface area contributed by atoms with Crippen LogP contribution in [0.4, 0.5) is 13.2 Å². The van der Waals surface area contributed by atoms with Gasteiger partial charge in [0.1, 0.15) is 11.6 Å². The second-order valence-corrected chi connectivity index (χ2v) is 4.34. The minimum absolute atomic E-state index is 0.0725. The summed E-state index contributed by atoms with van der Waals surface area (Å²) in [4.78, 5) is 0. The Balaban J connectivity index is 2.45. The van der Waals surface area contributed by atoms with Crippen LogP contribution in [0.2, 0.25) is 0 Å². The van der Waals surface area contributed by atoms with E-state index < -0.39 is 23.0 Å². The Morgan fingerprint density at radius 3 is 2.15 bits per heavy atom. The first-order valence-electron chi connectivity index (χ1n) is 5.99. The SMILES string of the molecule is COc1ccc(/C(F)=C(\F)c2ccc(C)cc2)c(F)c1. The monoisotopic (exact) mass is 278 g/mol. The summed E-state index contributed by atoms with van der Waals surface area (Å²) in [5.74, 6) is -2.94. The molecule has 2 aromatic carbocycles. The molecule has 0 bridgehead atoms. The average Bonchev–Trinajstić information content (AvgIpc) is 2.46. The average molecular weight is 278 g/mol. The zero-order valence-corrected chi connectivity index (χ0v) is 11.1. The van der Waals surface area contributed by atoms with Gasteiger partial charge in [-0.25, -0.2) is 13.2 Å². The quantitative estimate of drug-likeness (QED) is 0.725. The van der Waals surface area contributed by atoms with Crippen LogP contribution in [0.3, 0.4) is 0 Å². The lowest BCUT2D eigenvalue weighted by Gasteiger charge is -2.06. The van der Waals surface area contributed by atoms with Crippen LogP contribution in [0.25, 0.3) is 11.7 Å². The van der Waals surface area contributed by atoms with Gasteiger partial charge in [-0.3, -0.25) is 0 Å². The second-order valence-electron chi connectivity index (χ2n) is 4.34. The number of halogens is 3. The van der Waals surface area contributed by atoms with Crippen molar-refractivity contribution in [3.8, 4) is 5.75 Å². The maximum absolute atomic E-state index is 14.0. The third-order valence-corrected chi connectivity index (χ3v) is 2.91. The minimum Gasteiger partial charge on any atom is -0.497 e. The van der Waals surface area contributed by atoms with E-state index in [1.54, 1.807) is 12.1 Å². The van der Waals surface area contributed by atoms with Gasteiger partial charge >= 0.3 is 0 Å². The summed E-state index contributed by atoms with van der Waals surface area (Å²) in [5, 5.41) is 0. The van der Waals surface area contributed by atoms with E-state index in [-0.39, 0.29) is 11.3 Å². The molecule has 0 saturated carbocycles. The number of aryl methyl sites for hydroxylation is 1. The molecule has 0 aliphatic carbocycles. The van der Waals surface area contributed by atoms with Crippen molar-refractivity contribution in [3.05, 3.63) is 65.0 Å². The summed E-state index contributed by atoms with van der Waals surface area (Å²) in [5.41, 5.74) is 0.574. The molecule has 0 aromatic heterocycles. The summed E-state index contributed by atoms with van der Waals surface area (Å²) in [6, 6.07) is 9.76. The maximum atomic E-state index is 14.0. The van der Waals surface area contributed by atoms with E-state index >= 15 is 0 Å². The molecule has 0 atom stereocenters.